The molecule has 2 bridgehead atoms. The van der Waals surface area contributed by atoms with Crippen LogP contribution in [0.1, 0.15) is 40.9 Å². The smallest absolute Gasteiger partial charge is 0.257 e. The van der Waals surface area contributed by atoms with Gasteiger partial charge in [0.2, 0.25) is 11.8 Å². The van der Waals surface area contributed by atoms with Gasteiger partial charge in [0, 0.05) is 50.2 Å². The highest BCUT2D eigenvalue weighted by molar-refractivity contribution is 6.30. The van der Waals surface area contributed by atoms with Gasteiger partial charge in [0.15, 0.2) is 0 Å². The quantitative estimate of drug-likeness (QED) is 0.459. The summed E-state index contributed by atoms with van der Waals surface area (Å²) in [5.74, 6) is -0.977. The molecule has 1 saturated heterocycles. The van der Waals surface area contributed by atoms with Crippen LogP contribution in [0.4, 0.5) is 0 Å². The number of amides is 3. The Labute approximate surface area is 231 Å². The predicted molar refractivity (Wildman–Crippen MR) is 144 cm³/mol. The maximum atomic E-state index is 14.0. The zero-order chi connectivity index (χ0) is 27.4. The van der Waals surface area contributed by atoms with Crippen molar-refractivity contribution >= 4 is 29.3 Å². The van der Waals surface area contributed by atoms with Crippen LogP contribution < -0.4 is 10.6 Å². The Balaban J connectivity index is 1.39. The summed E-state index contributed by atoms with van der Waals surface area (Å²) >= 11 is 5.93. The number of carbonyl (C=O) groups excluding carboxylic acids is 3. The number of likely N-dealkylation sites (tertiary alicyclic amines) is 1. The molecule has 0 radical (unpaired) electrons. The lowest BCUT2D eigenvalue weighted by molar-refractivity contribution is -0.137. The van der Waals surface area contributed by atoms with Crippen LogP contribution >= 0.6 is 11.6 Å². The fourth-order valence-electron chi connectivity index (χ4n) is 5.30. The number of fused-ring (bicyclic) bond motifs is 2. The Kier molecular flexibility index (Phi) is 7.83. The number of nitrogens with one attached hydrogen (secondary N) is 2. The highest BCUT2D eigenvalue weighted by atomic mass is 35.5. The standard InChI is InChI=1S/C28H31ClN6O4/c29-20-7-8-22(24(36)16-20)26(38)34-13-9-28(10-14-34)17-21-18-35(33-32-21)12-4-11-30-25(37)23(31-27(28)39)15-19-5-2-1-3-6-19/h1-3,5-8,16,18,23,36H,4,9-15,17H2,(H,30,37)(H,31,39)/t23-/m0/s1. The van der Waals surface area contributed by atoms with E-state index in [1.807, 2.05) is 36.5 Å². The molecule has 3 heterocycles. The molecular formula is C28H31ClN6O4. The number of aromatic nitrogens is 3. The van der Waals surface area contributed by atoms with Crippen LogP contribution in [0.25, 0.3) is 0 Å². The first-order valence-electron chi connectivity index (χ1n) is 13.1. The van der Waals surface area contributed by atoms with Crippen LogP contribution in [-0.4, -0.2) is 68.4 Å². The second kappa shape index (κ2) is 11.4. The number of nitrogens with zero attached hydrogens (tertiary/aromatic N) is 4. The van der Waals surface area contributed by atoms with Crippen molar-refractivity contribution in [3.05, 3.63) is 76.6 Å². The summed E-state index contributed by atoms with van der Waals surface area (Å²) in [6, 6.07) is 13.3. The van der Waals surface area contributed by atoms with Crippen molar-refractivity contribution in [3.63, 3.8) is 0 Å². The Hall–Kier alpha value is -3.92. The van der Waals surface area contributed by atoms with Gasteiger partial charge in [0.05, 0.1) is 16.7 Å². The third kappa shape index (κ3) is 6.06. The number of phenolic OH excluding ortho intramolecular Hbond substituents is 1. The SMILES string of the molecule is O=C1NCCCn2cc(nn2)CC2(CCN(C(=O)c3ccc(Cl)cc3O)CC2)C(=O)N[C@H]1Cc1ccccc1. The van der Waals surface area contributed by atoms with Crippen molar-refractivity contribution in [2.24, 2.45) is 5.41 Å². The van der Waals surface area contributed by atoms with Gasteiger partial charge in [-0.25, -0.2) is 0 Å². The molecule has 3 aromatic rings. The number of halogens is 1. The Morgan fingerprint density at radius 2 is 1.87 bits per heavy atom. The van der Waals surface area contributed by atoms with Crippen molar-refractivity contribution in [2.45, 2.75) is 44.7 Å². The number of aromatic hydroxyl groups is 1. The summed E-state index contributed by atoms with van der Waals surface area (Å²) < 4.78 is 1.73. The Morgan fingerprint density at radius 3 is 2.62 bits per heavy atom. The molecule has 11 heteroatoms. The lowest BCUT2D eigenvalue weighted by atomic mass is 9.73. The van der Waals surface area contributed by atoms with E-state index in [0.717, 1.165) is 5.56 Å². The lowest BCUT2D eigenvalue weighted by Crippen LogP contribution is -2.56. The first kappa shape index (κ1) is 26.7. The molecular weight excluding hydrogens is 520 g/mol. The monoisotopic (exact) mass is 550 g/mol. The predicted octanol–water partition coefficient (Wildman–Crippen LogP) is 2.35. The highest BCUT2D eigenvalue weighted by Crippen LogP contribution is 2.37. The maximum Gasteiger partial charge on any atom is 0.257 e. The average Bonchev–Trinajstić information content (AvgIpc) is 3.37. The first-order chi connectivity index (χ1) is 18.8. The zero-order valence-electron chi connectivity index (χ0n) is 21.5. The minimum Gasteiger partial charge on any atom is -0.507 e. The van der Waals surface area contributed by atoms with Gasteiger partial charge in [0.25, 0.3) is 5.91 Å². The second-order valence-electron chi connectivity index (χ2n) is 10.2. The molecule has 204 valence electrons. The first-order valence-corrected chi connectivity index (χ1v) is 13.5. The zero-order valence-corrected chi connectivity index (χ0v) is 22.2. The molecule has 0 aliphatic carbocycles. The molecule has 1 aromatic heterocycles. The third-order valence-electron chi connectivity index (χ3n) is 7.55. The summed E-state index contributed by atoms with van der Waals surface area (Å²) in [4.78, 5) is 42.0. The summed E-state index contributed by atoms with van der Waals surface area (Å²) in [7, 11) is 0. The van der Waals surface area contributed by atoms with Gasteiger partial charge in [-0.05, 0) is 43.0 Å². The topological polar surface area (TPSA) is 129 Å². The van der Waals surface area contributed by atoms with E-state index in [1.165, 1.54) is 12.1 Å². The average molecular weight is 551 g/mol. The van der Waals surface area contributed by atoms with Gasteiger partial charge in [-0.1, -0.05) is 47.1 Å². The molecule has 1 spiro atoms. The number of rotatable bonds is 3. The van der Waals surface area contributed by atoms with Crippen molar-refractivity contribution < 1.29 is 19.5 Å². The fraction of sp³-hybridized carbons (Fsp3) is 0.393. The van der Waals surface area contributed by atoms with Crippen LogP contribution in [0.15, 0.2) is 54.7 Å². The largest absolute Gasteiger partial charge is 0.507 e. The fourth-order valence-corrected chi connectivity index (χ4v) is 5.47. The van der Waals surface area contributed by atoms with E-state index in [-0.39, 0.29) is 29.0 Å². The maximum absolute atomic E-state index is 14.0. The van der Waals surface area contributed by atoms with Gasteiger partial charge in [-0.3, -0.25) is 19.1 Å². The van der Waals surface area contributed by atoms with Gasteiger partial charge >= 0.3 is 0 Å². The van der Waals surface area contributed by atoms with E-state index in [4.69, 9.17) is 11.6 Å². The summed E-state index contributed by atoms with van der Waals surface area (Å²) in [6.07, 6.45) is 3.97. The van der Waals surface area contributed by atoms with Gasteiger partial charge in [-0.2, -0.15) is 0 Å². The third-order valence-corrected chi connectivity index (χ3v) is 7.79. The van der Waals surface area contributed by atoms with Crippen LogP contribution in [0.2, 0.25) is 5.02 Å². The van der Waals surface area contributed by atoms with Crippen molar-refractivity contribution in [1.29, 1.82) is 0 Å². The molecule has 3 N–H and O–H groups in total. The molecule has 39 heavy (non-hydrogen) atoms. The molecule has 0 saturated carbocycles. The van der Waals surface area contributed by atoms with Gasteiger partial charge in [-0.15, -0.1) is 5.10 Å². The molecule has 1 fully saturated rings. The number of benzene rings is 2. The van der Waals surface area contributed by atoms with E-state index in [2.05, 4.69) is 20.9 Å². The highest BCUT2D eigenvalue weighted by Gasteiger charge is 2.44. The molecule has 2 aliphatic heterocycles. The van der Waals surface area contributed by atoms with E-state index >= 15 is 0 Å². The lowest BCUT2D eigenvalue weighted by Gasteiger charge is -2.41. The van der Waals surface area contributed by atoms with E-state index in [1.54, 1.807) is 15.6 Å². The van der Waals surface area contributed by atoms with Crippen molar-refractivity contribution in [3.8, 4) is 5.75 Å². The van der Waals surface area contributed by atoms with Crippen molar-refractivity contribution in [1.82, 2.24) is 30.5 Å². The summed E-state index contributed by atoms with van der Waals surface area (Å²) in [5.41, 5.74) is 0.917. The minimum absolute atomic E-state index is 0.164. The number of aryl methyl sites for hydroxylation is 1. The normalized spacial score (nSPS) is 19.8. The molecule has 0 unspecified atom stereocenters. The van der Waals surface area contributed by atoms with Gasteiger partial charge < -0.3 is 20.6 Å². The number of hydrogen-bond donors (Lipinski definition) is 3. The van der Waals surface area contributed by atoms with Crippen molar-refractivity contribution in [2.75, 3.05) is 19.6 Å². The molecule has 3 amide bonds. The van der Waals surface area contributed by atoms with Crippen LogP contribution in [0, 0.1) is 5.41 Å². The molecule has 2 aliphatic rings. The number of hydrogen-bond acceptors (Lipinski definition) is 6. The number of piperidine rings is 1. The van der Waals surface area contributed by atoms with E-state index in [9.17, 15) is 19.5 Å². The van der Waals surface area contributed by atoms with Crippen LogP contribution in [-0.2, 0) is 29.0 Å². The van der Waals surface area contributed by atoms with Crippen LogP contribution in [0.3, 0.4) is 0 Å². The minimum atomic E-state index is -0.886. The molecule has 5 rings (SSSR count). The van der Waals surface area contributed by atoms with Crippen LogP contribution in [0.5, 0.6) is 5.75 Å². The number of carbonyl (C=O) groups is 3. The van der Waals surface area contributed by atoms with E-state index < -0.39 is 11.5 Å². The number of phenols is 1. The molecule has 10 nitrogen and oxygen atoms in total. The second-order valence-corrected chi connectivity index (χ2v) is 10.7. The summed E-state index contributed by atoms with van der Waals surface area (Å²) in [6.45, 7) is 1.66. The summed E-state index contributed by atoms with van der Waals surface area (Å²) in [5, 5.41) is 25.1. The van der Waals surface area contributed by atoms with E-state index in [0.29, 0.717) is 69.0 Å². The Morgan fingerprint density at radius 1 is 1.10 bits per heavy atom. The molecule has 1 atom stereocenters. The van der Waals surface area contributed by atoms with Gasteiger partial charge in [0.1, 0.15) is 11.8 Å². The molecule has 2 aromatic carbocycles. The Bertz CT molecular complexity index is 1350.